The van der Waals surface area contributed by atoms with Crippen LogP contribution in [-0.2, 0) is 16.4 Å². The van der Waals surface area contributed by atoms with Crippen molar-refractivity contribution in [1.82, 2.24) is 14.5 Å². The van der Waals surface area contributed by atoms with E-state index in [4.69, 9.17) is 11.6 Å². The number of fused-ring (bicyclic) bond motifs is 4. The number of H-pyrrole nitrogens is 1. The van der Waals surface area contributed by atoms with Crippen LogP contribution in [0.25, 0.3) is 0 Å². The van der Waals surface area contributed by atoms with Crippen LogP contribution in [0.2, 0.25) is 4.34 Å². The number of halogens is 1. The minimum atomic E-state index is -3.60. The van der Waals surface area contributed by atoms with E-state index in [0.717, 1.165) is 35.4 Å². The van der Waals surface area contributed by atoms with Gasteiger partial charge in [-0.1, -0.05) is 41.9 Å². The molecule has 3 atom stereocenters. The molecule has 0 spiro atoms. The van der Waals surface area contributed by atoms with Gasteiger partial charge >= 0.3 is 0 Å². The molecule has 2 bridgehead atoms. The number of rotatable bonds is 3. The molecule has 0 radical (unpaired) electrons. The highest BCUT2D eigenvalue weighted by atomic mass is 35.5. The Kier molecular flexibility index (Phi) is 4.16. The van der Waals surface area contributed by atoms with Gasteiger partial charge < -0.3 is 0 Å². The molecule has 5 rings (SSSR count). The van der Waals surface area contributed by atoms with Crippen LogP contribution >= 0.6 is 22.9 Å². The summed E-state index contributed by atoms with van der Waals surface area (Å²) >= 11 is 7.13. The van der Waals surface area contributed by atoms with Crippen molar-refractivity contribution < 1.29 is 8.42 Å². The third-order valence-corrected chi connectivity index (χ3v) is 9.29. The first-order valence-electron chi connectivity index (χ1n) is 8.90. The fourth-order valence-electron chi connectivity index (χ4n) is 4.50. The van der Waals surface area contributed by atoms with Crippen molar-refractivity contribution in [2.24, 2.45) is 0 Å². The molecule has 1 fully saturated rings. The smallest absolute Gasteiger partial charge is 0.253 e. The van der Waals surface area contributed by atoms with Crippen molar-refractivity contribution in [3.05, 3.63) is 69.8 Å². The van der Waals surface area contributed by atoms with E-state index >= 15 is 0 Å². The first-order chi connectivity index (χ1) is 13.0. The summed E-state index contributed by atoms with van der Waals surface area (Å²) in [6, 6.07) is 13.3. The zero-order valence-corrected chi connectivity index (χ0v) is 16.8. The van der Waals surface area contributed by atoms with E-state index in [1.807, 2.05) is 18.2 Å². The van der Waals surface area contributed by atoms with Crippen LogP contribution in [0, 0.1) is 0 Å². The molecule has 8 heteroatoms. The molecule has 3 aromatic rings. The lowest BCUT2D eigenvalue weighted by Crippen LogP contribution is -2.51. The monoisotopic (exact) mass is 419 g/mol. The van der Waals surface area contributed by atoms with Gasteiger partial charge in [-0.3, -0.25) is 5.10 Å². The first kappa shape index (κ1) is 17.4. The lowest BCUT2D eigenvalue weighted by molar-refractivity contribution is 0.145. The van der Waals surface area contributed by atoms with Crippen LogP contribution < -0.4 is 0 Å². The summed E-state index contributed by atoms with van der Waals surface area (Å²) in [6.07, 6.45) is 4.00. The number of piperidine rings is 1. The van der Waals surface area contributed by atoms with Gasteiger partial charge in [-0.05, 0) is 36.5 Å². The molecule has 0 aliphatic carbocycles. The minimum Gasteiger partial charge on any atom is -0.282 e. The predicted molar refractivity (Wildman–Crippen MR) is 106 cm³/mol. The van der Waals surface area contributed by atoms with Gasteiger partial charge in [0.15, 0.2) is 0 Å². The summed E-state index contributed by atoms with van der Waals surface area (Å²) in [4.78, 5) is 0. The fraction of sp³-hybridized carbons (Fsp3) is 0.316. The van der Waals surface area contributed by atoms with Gasteiger partial charge in [-0.25, -0.2) is 8.42 Å². The largest absolute Gasteiger partial charge is 0.282 e. The molecule has 1 aromatic carbocycles. The number of aromatic amines is 1. The number of benzene rings is 1. The summed E-state index contributed by atoms with van der Waals surface area (Å²) in [5.74, 6) is 0.336. The van der Waals surface area contributed by atoms with E-state index in [0.29, 0.717) is 20.9 Å². The average molecular weight is 420 g/mol. The van der Waals surface area contributed by atoms with Gasteiger partial charge in [0.1, 0.15) is 4.21 Å². The Morgan fingerprint density at radius 1 is 1.15 bits per heavy atom. The van der Waals surface area contributed by atoms with E-state index in [1.165, 1.54) is 5.56 Å². The zero-order chi connectivity index (χ0) is 18.6. The highest BCUT2D eigenvalue weighted by Gasteiger charge is 2.48. The molecular formula is C19H18ClN3O2S2. The van der Waals surface area contributed by atoms with Crippen molar-refractivity contribution in [2.75, 3.05) is 0 Å². The van der Waals surface area contributed by atoms with Gasteiger partial charge in [0.05, 0.1) is 16.6 Å². The maximum Gasteiger partial charge on any atom is 0.253 e. The molecule has 0 saturated carbocycles. The standard InChI is InChI=1S/C19H18ClN3O2S2/c20-18-6-7-19(26-18)27(24,25)23-14-8-13(12-4-2-1-3-5-12)9-17(23)15-11-21-22-16(15)10-14/h1-7,11,13-14,17H,8-10H2,(H,21,22). The van der Waals surface area contributed by atoms with Gasteiger partial charge in [-0.2, -0.15) is 9.40 Å². The molecule has 5 nitrogen and oxygen atoms in total. The lowest BCUT2D eigenvalue weighted by atomic mass is 9.76. The Morgan fingerprint density at radius 3 is 2.70 bits per heavy atom. The molecule has 1 saturated heterocycles. The van der Waals surface area contributed by atoms with E-state index < -0.39 is 10.0 Å². The van der Waals surface area contributed by atoms with Crippen molar-refractivity contribution >= 4 is 33.0 Å². The number of hydrogen-bond acceptors (Lipinski definition) is 4. The van der Waals surface area contributed by atoms with E-state index in [2.05, 4.69) is 22.3 Å². The second-order valence-corrected chi connectivity index (χ2v) is 10.9. The molecule has 3 unspecified atom stereocenters. The number of thiophene rings is 1. The van der Waals surface area contributed by atoms with Crippen molar-refractivity contribution in [3.63, 3.8) is 0 Å². The van der Waals surface area contributed by atoms with E-state index in [1.54, 1.807) is 22.6 Å². The molecule has 2 aliphatic rings. The van der Waals surface area contributed by atoms with Crippen molar-refractivity contribution in [1.29, 1.82) is 0 Å². The van der Waals surface area contributed by atoms with Crippen LogP contribution in [0.5, 0.6) is 0 Å². The minimum absolute atomic E-state index is 0.0900. The molecule has 2 aromatic heterocycles. The Bertz CT molecular complexity index is 1080. The maximum atomic E-state index is 13.4. The number of aromatic nitrogens is 2. The van der Waals surface area contributed by atoms with Gasteiger partial charge in [-0.15, -0.1) is 11.3 Å². The van der Waals surface area contributed by atoms with Crippen LogP contribution in [0.4, 0.5) is 0 Å². The third kappa shape index (κ3) is 2.84. The SMILES string of the molecule is O=S(=O)(c1ccc(Cl)s1)N1C2Cc3[nH]ncc3C1CC(c1ccccc1)C2. The lowest BCUT2D eigenvalue weighted by Gasteiger charge is -2.47. The van der Waals surface area contributed by atoms with Crippen LogP contribution in [-0.4, -0.2) is 29.0 Å². The Balaban J connectivity index is 1.58. The van der Waals surface area contributed by atoms with Crippen LogP contribution in [0.15, 0.2) is 52.9 Å². The summed E-state index contributed by atoms with van der Waals surface area (Å²) in [7, 11) is -3.60. The van der Waals surface area contributed by atoms with Gasteiger partial charge in [0.25, 0.3) is 10.0 Å². The molecule has 27 heavy (non-hydrogen) atoms. The number of sulfonamides is 1. The molecule has 0 amide bonds. The Labute approximate surface area is 167 Å². The third-order valence-electron chi connectivity index (χ3n) is 5.63. The molecule has 1 N–H and O–H groups in total. The highest BCUT2D eigenvalue weighted by Crippen LogP contribution is 2.49. The second-order valence-electron chi connectivity index (χ2n) is 7.15. The fourth-order valence-corrected chi connectivity index (χ4v) is 7.90. The molecule has 140 valence electrons. The van der Waals surface area contributed by atoms with E-state index in [9.17, 15) is 8.42 Å². The number of nitrogens with zero attached hydrogens (tertiary/aromatic N) is 2. The normalized spacial score (nSPS) is 25.3. The second kappa shape index (κ2) is 6.44. The zero-order valence-electron chi connectivity index (χ0n) is 14.4. The first-order valence-corrected chi connectivity index (χ1v) is 11.5. The summed E-state index contributed by atoms with van der Waals surface area (Å²) in [6.45, 7) is 0. The molecule has 4 heterocycles. The van der Waals surface area contributed by atoms with Crippen molar-refractivity contribution in [3.8, 4) is 0 Å². The van der Waals surface area contributed by atoms with E-state index in [-0.39, 0.29) is 12.1 Å². The Hall–Kier alpha value is -1.67. The van der Waals surface area contributed by atoms with Gasteiger partial charge in [0, 0.05) is 23.7 Å². The predicted octanol–water partition coefficient (Wildman–Crippen LogP) is 4.36. The van der Waals surface area contributed by atoms with Gasteiger partial charge in [0.2, 0.25) is 0 Å². The summed E-state index contributed by atoms with van der Waals surface area (Å²) in [5.41, 5.74) is 3.33. The number of nitrogens with one attached hydrogen (secondary N) is 1. The summed E-state index contributed by atoms with van der Waals surface area (Å²) in [5, 5.41) is 7.26. The quantitative estimate of drug-likeness (QED) is 0.685. The molecule has 2 aliphatic heterocycles. The molecular weight excluding hydrogens is 402 g/mol. The average Bonchev–Trinajstić information content (AvgIpc) is 3.30. The van der Waals surface area contributed by atoms with Crippen molar-refractivity contribution in [2.45, 2.75) is 41.5 Å². The summed E-state index contributed by atoms with van der Waals surface area (Å²) < 4.78 is 29.4. The van der Waals surface area contributed by atoms with Crippen LogP contribution in [0.3, 0.4) is 0 Å². The Morgan fingerprint density at radius 2 is 1.96 bits per heavy atom. The maximum absolute atomic E-state index is 13.4. The topological polar surface area (TPSA) is 66.1 Å². The number of hydrogen-bond donors (Lipinski definition) is 1. The van der Waals surface area contributed by atoms with Crippen LogP contribution in [0.1, 0.15) is 41.6 Å². The highest BCUT2D eigenvalue weighted by molar-refractivity contribution is 7.91.